The van der Waals surface area contributed by atoms with Gasteiger partial charge in [-0.15, -0.1) is 0 Å². The molecule has 0 spiro atoms. The summed E-state index contributed by atoms with van der Waals surface area (Å²) in [7, 11) is 0. The van der Waals surface area contributed by atoms with E-state index in [0.29, 0.717) is 6.54 Å². The first-order valence-corrected chi connectivity index (χ1v) is 6.02. The maximum absolute atomic E-state index is 5.52. The average Bonchev–Trinajstić information content (AvgIpc) is 3.06. The van der Waals surface area contributed by atoms with Crippen molar-refractivity contribution in [3.05, 3.63) is 47.5 Å². The number of H-pyrrole nitrogens is 1. The molecule has 0 amide bonds. The van der Waals surface area contributed by atoms with Gasteiger partial charge in [-0.1, -0.05) is 30.3 Å². The topological polar surface area (TPSA) is 67.6 Å². The first-order chi connectivity index (χ1) is 8.35. The Hall–Kier alpha value is -1.68. The van der Waals surface area contributed by atoms with Crippen molar-refractivity contribution in [3.8, 4) is 0 Å². The van der Waals surface area contributed by atoms with E-state index in [2.05, 4.69) is 39.4 Å². The molecule has 4 nitrogen and oxygen atoms in total. The Bertz CT molecular complexity index is 499. The van der Waals surface area contributed by atoms with Crippen molar-refractivity contribution in [3.63, 3.8) is 0 Å². The molecule has 3 rings (SSSR count). The molecule has 1 aliphatic rings. The van der Waals surface area contributed by atoms with Gasteiger partial charge in [-0.2, -0.15) is 5.10 Å². The van der Waals surface area contributed by atoms with Crippen molar-refractivity contribution in [1.29, 1.82) is 0 Å². The SMILES string of the molecule is NCCc1nc(C2(c3ccccc3)CC2)n[nH]1. The van der Waals surface area contributed by atoms with Gasteiger partial charge in [-0.3, -0.25) is 5.10 Å². The molecular formula is C13H16N4. The predicted octanol–water partition coefficient (Wildman–Crippen LogP) is 1.39. The summed E-state index contributed by atoms with van der Waals surface area (Å²) < 4.78 is 0. The second kappa shape index (κ2) is 3.96. The molecule has 0 bridgehead atoms. The molecule has 3 N–H and O–H groups in total. The quantitative estimate of drug-likeness (QED) is 0.830. The molecular weight excluding hydrogens is 212 g/mol. The third-order valence-corrected chi connectivity index (χ3v) is 3.42. The molecule has 0 atom stereocenters. The van der Waals surface area contributed by atoms with Crippen LogP contribution in [0.15, 0.2) is 30.3 Å². The van der Waals surface area contributed by atoms with E-state index in [1.807, 2.05) is 6.07 Å². The van der Waals surface area contributed by atoms with Crippen molar-refractivity contribution in [2.75, 3.05) is 6.54 Å². The smallest absolute Gasteiger partial charge is 0.161 e. The maximum Gasteiger partial charge on any atom is 0.161 e. The van der Waals surface area contributed by atoms with E-state index in [1.54, 1.807) is 0 Å². The Morgan fingerprint density at radius 2 is 2.00 bits per heavy atom. The number of hydrogen-bond acceptors (Lipinski definition) is 3. The lowest BCUT2D eigenvalue weighted by Crippen LogP contribution is -2.11. The second-order valence-corrected chi connectivity index (χ2v) is 4.59. The molecule has 2 aromatic rings. The third kappa shape index (κ3) is 1.74. The van der Waals surface area contributed by atoms with Gasteiger partial charge in [0.1, 0.15) is 5.82 Å². The zero-order chi connectivity index (χ0) is 11.7. The van der Waals surface area contributed by atoms with E-state index in [4.69, 9.17) is 5.73 Å². The largest absolute Gasteiger partial charge is 0.330 e. The van der Waals surface area contributed by atoms with Gasteiger partial charge in [0.25, 0.3) is 0 Å². The zero-order valence-corrected chi connectivity index (χ0v) is 9.69. The highest BCUT2D eigenvalue weighted by atomic mass is 15.2. The summed E-state index contributed by atoms with van der Waals surface area (Å²) in [5.41, 5.74) is 6.90. The summed E-state index contributed by atoms with van der Waals surface area (Å²) in [6, 6.07) is 10.5. The van der Waals surface area contributed by atoms with Crippen LogP contribution in [0.1, 0.15) is 30.1 Å². The van der Waals surface area contributed by atoms with E-state index in [9.17, 15) is 0 Å². The molecule has 1 aliphatic carbocycles. The molecule has 0 saturated heterocycles. The molecule has 1 heterocycles. The van der Waals surface area contributed by atoms with Gasteiger partial charge in [0, 0.05) is 6.42 Å². The standard InChI is InChI=1S/C13H16N4/c14-9-6-11-15-12(17-16-11)13(7-8-13)10-4-2-1-3-5-10/h1-5H,6-9,14H2,(H,15,16,17). The Morgan fingerprint density at radius 3 is 2.65 bits per heavy atom. The van der Waals surface area contributed by atoms with Crippen LogP contribution in [0, 0.1) is 0 Å². The third-order valence-electron chi connectivity index (χ3n) is 3.42. The Labute approximate surface area is 100 Å². The summed E-state index contributed by atoms with van der Waals surface area (Å²) in [6.07, 6.45) is 3.03. The van der Waals surface area contributed by atoms with Crippen molar-refractivity contribution in [1.82, 2.24) is 15.2 Å². The lowest BCUT2D eigenvalue weighted by Gasteiger charge is -2.10. The van der Waals surface area contributed by atoms with E-state index in [0.717, 1.165) is 30.9 Å². The average molecular weight is 228 g/mol. The molecule has 1 fully saturated rings. The van der Waals surface area contributed by atoms with Gasteiger partial charge in [-0.25, -0.2) is 4.98 Å². The summed E-state index contributed by atoms with van der Waals surface area (Å²) in [4.78, 5) is 4.56. The number of nitrogens with one attached hydrogen (secondary N) is 1. The Kier molecular flexibility index (Phi) is 2.44. The molecule has 88 valence electrons. The minimum absolute atomic E-state index is 0.0601. The van der Waals surface area contributed by atoms with Crippen molar-refractivity contribution >= 4 is 0 Å². The molecule has 17 heavy (non-hydrogen) atoms. The lowest BCUT2D eigenvalue weighted by molar-refractivity contribution is 0.760. The molecule has 0 aliphatic heterocycles. The van der Waals surface area contributed by atoms with Crippen LogP contribution in [0.3, 0.4) is 0 Å². The van der Waals surface area contributed by atoms with Gasteiger partial charge < -0.3 is 5.73 Å². The minimum Gasteiger partial charge on any atom is -0.330 e. The van der Waals surface area contributed by atoms with Gasteiger partial charge in [0.05, 0.1) is 5.41 Å². The Balaban J connectivity index is 1.92. The molecule has 4 heteroatoms. The number of rotatable bonds is 4. The monoisotopic (exact) mass is 228 g/mol. The van der Waals surface area contributed by atoms with Gasteiger partial charge in [0.2, 0.25) is 0 Å². The number of aromatic amines is 1. The Morgan fingerprint density at radius 1 is 1.24 bits per heavy atom. The van der Waals surface area contributed by atoms with E-state index >= 15 is 0 Å². The van der Waals surface area contributed by atoms with Crippen molar-refractivity contribution < 1.29 is 0 Å². The van der Waals surface area contributed by atoms with Crippen molar-refractivity contribution in [2.45, 2.75) is 24.7 Å². The van der Waals surface area contributed by atoms with Crippen LogP contribution in [0.2, 0.25) is 0 Å². The van der Waals surface area contributed by atoms with Crippen LogP contribution < -0.4 is 5.73 Å². The van der Waals surface area contributed by atoms with Gasteiger partial charge in [0.15, 0.2) is 5.82 Å². The van der Waals surface area contributed by atoms with Crippen LogP contribution in [-0.2, 0) is 11.8 Å². The zero-order valence-electron chi connectivity index (χ0n) is 9.69. The highest BCUT2D eigenvalue weighted by Gasteiger charge is 2.49. The van der Waals surface area contributed by atoms with E-state index < -0.39 is 0 Å². The lowest BCUT2D eigenvalue weighted by atomic mass is 9.95. The predicted molar refractivity (Wildman–Crippen MR) is 65.6 cm³/mol. The summed E-state index contributed by atoms with van der Waals surface area (Å²) in [6.45, 7) is 0.604. The van der Waals surface area contributed by atoms with Gasteiger partial charge >= 0.3 is 0 Å². The molecule has 1 aromatic heterocycles. The molecule has 0 radical (unpaired) electrons. The number of benzene rings is 1. The summed E-state index contributed by atoms with van der Waals surface area (Å²) in [5, 5.41) is 7.34. The minimum atomic E-state index is 0.0601. The number of aromatic nitrogens is 3. The number of nitrogens with two attached hydrogens (primary N) is 1. The molecule has 1 saturated carbocycles. The van der Waals surface area contributed by atoms with Gasteiger partial charge in [-0.05, 0) is 24.9 Å². The summed E-state index contributed by atoms with van der Waals surface area (Å²) in [5.74, 6) is 1.82. The number of nitrogens with zero attached hydrogens (tertiary/aromatic N) is 2. The van der Waals surface area contributed by atoms with Crippen LogP contribution >= 0.6 is 0 Å². The van der Waals surface area contributed by atoms with Crippen LogP contribution in [0.5, 0.6) is 0 Å². The molecule has 0 unspecified atom stereocenters. The van der Waals surface area contributed by atoms with Crippen molar-refractivity contribution in [2.24, 2.45) is 5.73 Å². The fraction of sp³-hybridized carbons (Fsp3) is 0.385. The van der Waals surface area contributed by atoms with Crippen LogP contribution in [-0.4, -0.2) is 21.7 Å². The van der Waals surface area contributed by atoms with Crippen LogP contribution in [0.25, 0.3) is 0 Å². The highest BCUT2D eigenvalue weighted by Crippen LogP contribution is 2.51. The van der Waals surface area contributed by atoms with E-state index in [1.165, 1.54) is 5.56 Å². The second-order valence-electron chi connectivity index (χ2n) is 4.59. The fourth-order valence-electron chi connectivity index (χ4n) is 2.28. The highest BCUT2D eigenvalue weighted by molar-refractivity contribution is 5.38. The molecule has 1 aromatic carbocycles. The fourth-order valence-corrected chi connectivity index (χ4v) is 2.28. The van der Waals surface area contributed by atoms with E-state index in [-0.39, 0.29) is 5.41 Å². The maximum atomic E-state index is 5.52. The summed E-state index contributed by atoms with van der Waals surface area (Å²) >= 11 is 0. The normalized spacial score (nSPS) is 17.0. The number of hydrogen-bond donors (Lipinski definition) is 2. The first kappa shape index (κ1) is 10.5. The van der Waals surface area contributed by atoms with Crippen LogP contribution in [0.4, 0.5) is 0 Å². The first-order valence-electron chi connectivity index (χ1n) is 6.02.